The Labute approximate surface area is 104 Å². The Morgan fingerprint density at radius 1 is 1.41 bits per heavy atom. The average molecular weight is 242 g/mol. The standard InChI is InChI=1S/C13H26N2O2/c1-4-11-9-17-8-7-15(11)12(16)13(5-2,6-3)10-14/h11H,4-10,14H2,1-3H3. The van der Waals surface area contributed by atoms with Gasteiger partial charge in [0, 0.05) is 13.1 Å². The van der Waals surface area contributed by atoms with Crippen molar-refractivity contribution in [2.45, 2.75) is 46.1 Å². The van der Waals surface area contributed by atoms with Crippen molar-refractivity contribution in [2.24, 2.45) is 11.1 Å². The fourth-order valence-corrected chi connectivity index (χ4v) is 2.49. The Bertz CT molecular complexity index is 244. The molecule has 0 bridgehead atoms. The normalized spacial score (nSPS) is 21.6. The van der Waals surface area contributed by atoms with Gasteiger partial charge in [0.15, 0.2) is 0 Å². The van der Waals surface area contributed by atoms with Crippen LogP contribution < -0.4 is 5.73 Å². The van der Waals surface area contributed by atoms with Crippen LogP contribution in [0.15, 0.2) is 0 Å². The van der Waals surface area contributed by atoms with Gasteiger partial charge in [-0.3, -0.25) is 4.79 Å². The smallest absolute Gasteiger partial charge is 0.230 e. The highest BCUT2D eigenvalue weighted by Gasteiger charge is 2.39. The van der Waals surface area contributed by atoms with Gasteiger partial charge in [-0.2, -0.15) is 0 Å². The molecular weight excluding hydrogens is 216 g/mol. The number of nitrogens with zero attached hydrogens (tertiary/aromatic N) is 1. The molecule has 0 spiro atoms. The lowest BCUT2D eigenvalue weighted by atomic mass is 9.80. The maximum Gasteiger partial charge on any atom is 0.230 e. The van der Waals surface area contributed by atoms with Crippen molar-refractivity contribution in [3.63, 3.8) is 0 Å². The Kier molecular flexibility index (Phi) is 5.40. The van der Waals surface area contributed by atoms with Crippen LogP contribution >= 0.6 is 0 Å². The van der Waals surface area contributed by atoms with Gasteiger partial charge < -0.3 is 15.4 Å². The zero-order chi connectivity index (χ0) is 12.9. The van der Waals surface area contributed by atoms with Gasteiger partial charge >= 0.3 is 0 Å². The summed E-state index contributed by atoms with van der Waals surface area (Å²) in [6.07, 6.45) is 2.57. The minimum atomic E-state index is -0.370. The molecule has 100 valence electrons. The first-order valence-corrected chi connectivity index (χ1v) is 6.74. The molecule has 0 aromatic heterocycles. The van der Waals surface area contributed by atoms with Crippen LogP contribution in [0.25, 0.3) is 0 Å². The summed E-state index contributed by atoms with van der Waals surface area (Å²) in [5.74, 6) is 0.222. The largest absolute Gasteiger partial charge is 0.377 e. The molecule has 1 heterocycles. The number of morpholine rings is 1. The summed E-state index contributed by atoms with van der Waals surface area (Å²) in [4.78, 5) is 14.7. The van der Waals surface area contributed by atoms with Gasteiger partial charge in [0.25, 0.3) is 0 Å². The van der Waals surface area contributed by atoms with Gasteiger partial charge in [0.05, 0.1) is 24.7 Å². The lowest BCUT2D eigenvalue weighted by Gasteiger charge is -2.41. The van der Waals surface area contributed by atoms with Crippen LogP contribution in [0, 0.1) is 5.41 Å². The number of hydrogen-bond donors (Lipinski definition) is 1. The number of amides is 1. The van der Waals surface area contributed by atoms with E-state index in [0.717, 1.165) is 19.3 Å². The summed E-state index contributed by atoms with van der Waals surface area (Å²) in [5, 5.41) is 0. The molecular formula is C13H26N2O2. The highest BCUT2D eigenvalue weighted by atomic mass is 16.5. The Morgan fingerprint density at radius 2 is 2.06 bits per heavy atom. The monoisotopic (exact) mass is 242 g/mol. The number of nitrogens with two attached hydrogens (primary N) is 1. The number of hydrogen-bond acceptors (Lipinski definition) is 3. The third kappa shape index (κ3) is 2.80. The Hall–Kier alpha value is -0.610. The molecule has 2 N–H and O–H groups in total. The number of ether oxygens (including phenoxy) is 1. The van der Waals surface area contributed by atoms with Crippen LogP contribution in [0.1, 0.15) is 40.0 Å². The van der Waals surface area contributed by atoms with Gasteiger partial charge in [0.2, 0.25) is 5.91 Å². The minimum Gasteiger partial charge on any atom is -0.377 e. The molecule has 1 rings (SSSR count). The second-order valence-corrected chi connectivity index (χ2v) is 4.83. The number of rotatable bonds is 5. The van der Waals surface area contributed by atoms with Gasteiger partial charge in [0.1, 0.15) is 0 Å². The van der Waals surface area contributed by atoms with Crippen molar-refractivity contribution in [1.29, 1.82) is 0 Å². The topological polar surface area (TPSA) is 55.6 Å². The molecule has 0 saturated carbocycles. The fraction of sp³-hybridized carbons (Fsp3) is 0.923. The third-order valence-corrected chi connectivity index (χ3v) is 4.16. The van der Waals surface area contributed by atoms with E-state index in [1.165, 1.54) is 0 Å². The molecule has 0 aliphatic carbocycles. The molecule has 0 radical (unpaired) electrons. The highest BCUT2D eigenvalue weighted by Crippen LogP contribution is 2.29. The van der Waals surface area contributed by atoms with E-state index in [1.807, 2.05) is 4.90 Å². The summed E-state index contributed by atoms with van der Waals surface area (Å²) in [5.41, 5.74) is 5.47. The van der Waals surface area contributed by atoms with E-state index in [4.69, 9.17) is 10.5 Å². The summed E-state index contributed by atoms with van der Waals surface area (Å²) < 4.78 is 5.44. The van der Waals surface area contributed by atoms with E-state index in [1.54, 1.807) is 0 Å². The first-order valence-electron chi connectivity index (χ1n) is 6.74. The minimum absolute atomic E-state index is 0.222. The third-order valence-electron chi connectivity index (χ3n) is 4.16. The van der Waals surface area contributed by atoms with Crippen molar-refractivity contribution >= 4 is 5.91 Å². The van der Waals surface area contributed by atoms with Gasteiger partial charge in [-0.25, -0.2) is 0 Å². The molecule has 17 heavy (non-hydrogen) atoms. The van der Waals surface area contributed by atoms with Crippen LogP contribution in [-0.2, 0) is 9.53 Å². The molecule has 4 nitrogen and oxygen atoms in total. The van der Waals surface area contributed by atoms with Crippen LogP contribution in [0.2, 0.25) is 0 Å². The molecule has 0 aromatic rings. The first-order chi connectivity index (χ1) is 8.15. The Morgan fingerprint density at radius 3 is 2.53 bits per heavy atom. The summed E-state index contributed by atoms with van der Waals surface area (Å²) in [6.45, 7) is 8.66. The zero-order valence-electron chi connectivity index (χ0n) is 11.4. The van der Waals surface area contributed by atoms with Gasteiger partial charge in [-0.05, 0) is 19.3 Å². The van der Waals surface area contributed by atoms with Crippen molar-refractivity contribution in [3.8, 4) is 0 Å². The van der Waals surface area contributed by atoms with Crippen LogP contribution in [0.3, 0.4) is 0 Å². The van der Waals surface area contributed by atoms with E-state index in [-0.39, 0.29) is 17.4 Å². The summed E-state index contributed by atoms with van der Waals surface area (Å²) in [7, 11) is 0. The molecule has 1 atom stereocenters. The average Bonchev–Trinajstić information content (AvgIpc) is 2.41. The Balaban J connectivity index is 2.84. The SMILES string of the molecule is CCC1COCCN1C(=O)C(CC)(CC)CN. The maximum absolute atomic E-state index is 12.7. The predicted octanol–water partition coefficient (Wildman–Crippen LogP) is 1.39. The van der Waals surface area contributed by atoms with Crippen LogP contribution in [-0.4, -0.2) is 43.2 Å². The van der Waals surface area contributed by atoms with E-state index in [0.29, 0.717) is 26.3 Å². The second kappa shape index (κ2) is 6.36. The molecule has 1 aliphatic heterocycles. The predicted molar refractivity (Wildman–Crippen MR) is 68.7 cm³/mol. The fourth-order valence-electron chi connectivity index (χ4n) is 2.49. The lowest BCUT2D eigenvalue weighted by molar-refractivity contribution is -0.151. The van der Waals surface area contributed by atoms with Gasteiger partial charge in [-0.15, -0.1) is 0 Å². The lowest BCUT2D eigenvalue weighted by Crippen LogP contribution is -2.55. The quantitative estimate of drug-likeness (QED) is 0.792. The molecule has 1 aliphatic rings. The molecule has 1 fully saturated rings. The van der Waals surface area contributed by atoms with Gasteiger partial charge in [-0.1, -0.05) is 20.8 Å². The number of carbonyl (C=O) groups excluding carboxylic acids is 1. The highest BCUT2D eigenvalue weighted by molar-refractivity contribution is 5.83. The summed E-state index contributed by atoms with van der Waals surface area (Å²) >= 11 is 0. The van der Waals surface area contributed by atoms with Crippen LogP contribution in [0.4, 0.5) is 0 Å². The molecule has 4 heteroatoms. The van der Waals surface area contributed by atoms with E-state index in [9.17, 15) is 4.79 Å². The molecule has 1 saturated heterocycles. The van der Waals surface area contributed by atoms with Crippen molar-refractivity contribution < 1.29 is 9.53 Å². The molecule has 1 amide bonds. The van der Waals surface area contributed by atoms with Crippen molar-refractivity contribution in [2.75, 3.05) is 26.3 Å². The van der Waals surface area contributed by atoms with Crippen molar-refractivity contribution in [1.82, 2.24) is 4.90 Å². The molecule has 0 aromatic carbocycles. The van der Waals surface area contributed by atoms with E-state index < -0.39 is 0 Å². The summed E-state index contributed by atoms with van der Waals surface area (Å²) in [6, 6.07) is 0.222. The maximum atomic E-state index is 12.7. The van der Waals surface area contributed by atoms with Crippen LogP contribution in [0.5, 0.6) is 0 Å². The first kappa shape index (κ1) is 14.5. The van der Waals surface area contributed by atoms with E-state index in [2.05, 4.69) is 20.8 Å². The van der Waals surface area contributed by atoms with Crippen molar-refractivity contribution in [3.05, 3.63) is 0 Å². The van der Waals surface area contributed by atoms with E-state index >= 15 is 0 Å². The molecule has 1 unspecified atom stereocenters. The number of carbonyl (C=O) groups is 1. The zero-order valence-corrected chi connectivity index (χ0v) is 11.4. The second-order valence-electron chi connectivity index (χ2n) is 4.83.